The van der Waals surface area contributed by atoms with Crippen molar-refractivity contribution in [2.24, 2.45) is 0 Å². The second kappa shape index (κ2) is 8.50. The Morgan fingerprint density at radius 3 is 2.50 bits per heavy atom. The van der Waals surface area contributed by atoms with E-state index in [1.165, 1.54) is 17.7 Å². The molecule has 2 N–H and O–H groups in total. The molecule has 2 heterocycles. The van der Waals surface area contributed by atoms with Crippen molar-refractivity contribution in [3.63, 3.8) is 0 Å². The Kier molecular flexibility index (Phi) is 5.59. The third kappa shape index (κ3) is 3.78. The fourth-order valence-corrected chi connectivity index (χ4v) is 3.63. The Morgan fingerprint density at radius 2 is 1.84 bits per heavy atom. The molecular weight excluding hydrogens is 408 g/mol. The van der Waals surface area contributed by atoms with E-state index in [9.17, 15) is 14.4 Å². The normalized spacial score (nSPS) is 10.8. The van der Waals surface area contributed by atoms with E-state index in [4.69, 9.17) is 4.74 Å². The van der Waals surface area contributed by atoms with Gasteiger partial charge in [0.2, 0.25) is 5.56 Å². The average Bonchev–Trinajstić information content (AvgIpc) is 2.80. The number of aromatic amines is 1. The third-order valence-electron chi connectivity index (χ3n) is 5.20. The maximum atomic E-state index is 13.2. The molecule has 162 valence electrons. The molecule has 0 atom stereocenters. The highest BCUT2D eigenvalue weighted by atomic mass is 16.5. The van der Waals surface area contributed by atoms with Crippen LogP contribution in [-0.4, -0.2) is 27.7 Å². The van der Waals surface area contributed by atoms with Gasteiger partial charge in [-0.2, -0.15) is 5.10 Å². The number of aryl methyl sites for hydroxylation is 1. The van der Waals surface area contributed by atoms with E-state index >= 15 is 0 Å². The number of ether oxygens (including phenoxy) is 1. The lowest BCUT2D eigenvalue weighted by Crippen LogP contribution is -2.28. The summed E-state index contributed by atoms with van der Waals surface area (Å²) >= 11 is 0. The van der Waals surface area contributed by atoms with E-state index in [0.29, 0.717) is 40.1 Å². The van der Waals surface area contributed by atoms with Crippen LogP contribution in [0.1, 0.15) is 24.2 Å². The largest absolute Gasteiger partial charge is 0.497 e. The number of methoxy groups -OCH3 is 1. The zero-order valence-electron chi connectivity index (χ0n) is 17.9. The number of anilines is 2. The quantitative estimate of drug-likeness (QED) is 0.452. The summed E-state index contributed by atoms with van der Waals surface area (Å²) in [5, 5.41) is 8.33. The predicted molar refractivity (Wildman–Crippen MR) is 124 cm³/mol. The van der Waals surface area contributed by atoms with Gasteiger partial charge in [-0.05, 0) is 56.3 Å². The summed E-state index contributed by atoms with van der Waals surface area (Å²) in [6.07, 6.45) is 0. The first-order valence-electron chi connectivity index (χ1n) is 10.1. The first-order valence-corrected chi connectivity index (χ1v) is 10.1. The summed E-state index contributed by atoms with van der Waals surface area (Å²) in [6, 6.07) is 15.5. The Labute approximate surface area is 183 Å². The van der Waals surface area contributed by atoms with Crippen LogP contribution in [0.3, 0.4) is 0 Å². The number of hydrogen-bond acceptors (Lipinski definition) is 6. The molecular formula is C24H22N4O4. The topological polar surface area (TPSA) is 106 Å². The number of pyridine rings is 1. The number of carbonyl (C=O) groups excluding carboxylic acids is 1. The molecule has 2 aromatic carbocycles. The lowest BCUT2D eigenvalue weighted by Gasteiger charge is -2.17. The molecule has 0 aliphatic heterocycles. The minimum atomic E-state index is -0.406. The van der Waals surface area contributed by atoms with E-state index < -0.39 is 5.56 Å². The summed E-state index contributed by atoms with van der Waals surface area (Å²) < 4.78 is 6.54. The van der Waals surface area contributed by atoms with Gasteiger partial charge in [0.05, 0.1) is 18.2 Å². The minimum Gasteiger partial charge on any atom is -0.497 e. The van der Waals surface area contributed by atoms with Gasteiger partial charge in [0.15, 0.2) is 5.78 Å². The van der Waals surface area contributed by atoms with Gasteiger partial charge in [0.25, 0.3) is 5.56 Å². The van der Waals surface area contributed by atoms with Crippen LogP contribution >= 0.6 is 0 Å². The van der Waals surface area contributed by atoms with E-state index in [0.717, 1.165) is 0 Å². The number of nitrogens with zero attached hydrogens (tertiary/aromatic N) is 2. The number of aromatic nitrogens is 3. The molecule has 8 heteroatoms. The average molecular weight is 430 g/mol. The molecule has 4 rings (SSSR count). The smallest absolute Gasteiger partial charge is 0.291 e. The van der Waals surface area contributed by atoms with E-state index in [1.807, 2.05) is 6.92 Å². The zero-order chi connectivity index (χ0) is 22.8. The number of rotatable bonds is 6. The number of Topliss-reactive ketones (excluding diaryl/α,β-unsaturated/α-hetero) is 1. The lowest BCUT2D eigenvalue weighted by molar-refractivity contribution is 0.101. The molecule has 0 radical (unpaired) electrons. The Balaban J connectivity index is 1.96. The minimum absolute atomic E-state index is 0.138. The zero-order valence-corrected chi connectivity index (χ0v) is 17.9. The van der Waals surface area contributed by atoms with Crippen molar-refractivity contribution in [2.75, 3.05) is 12.4 Å². The number of H-pyrrole nitrogens is 1. The monoisotopic (exact) mass is 430 g/mol. The van der Waals surface area contributed by atoms with Crippen molar-refractivity contribution in [3.8, 4) is 17.0 Å². The molecule has 2 aromatic heterocycles. The van der Waals surface area contributed by atoms with Gasteiger partial charge in [-0.1, -0.05) is 6.07 Å². The molecule has 0 saturated carbocycles. The molecule has 0 aliphatic rings. The van der Waals surface area contributed by atoms with Crippen LogP contribution in [-0.2, 0) is 6.54 Å². The molecule has 0 aliphatic carbocycles. The highest BCUT2D eigenvalue weighted by molar-refractivity contribution is 6.06. The Morgan fingerprint density at radius 1 is 1.09 bits per heavy atom. The summed E-state index contributed by atoms with van der Waals surface area (Å²) in [5.41, 5.74) is 2.00. The third-order valence-corrected chi connectivity index (χ3v) is 5.20. The lowest BCUT2D eigenvalue weighted by atomic mass is 10.0. The van der Waals surface area contributed by atoms with Gasteiger partial charge >= 0.3 is 0 Å². The number of fused-ring (bicyclic) bond motifs is 1. The van der Waals surface area contributed by atoms with Crippen molar-refractivity contribution >= 4 is 28.1 Å². The molecule has 4 aromatic rings. The van der Waals surface area contributed by atoms with Crippen LogP contribution in [0.2, 0.25) is 0 Å². The van der Waals surface area contributed by atoms with Gasteiger partial charge in [-0.3, -0.25) is 14.4 Å². The molecule has 0 unspecified atom stereocenters. The van der Waals surface area contributed by atoms with Gasteiger partial charge < -0.3 is 15.0 Å². The number of benzene rings is 2. The van der Waals surface area contributed by atoms with Crippen LogP contribution in [0, 0.1) is 0 Å². The van der Waals surface area contributed by atoms with Crippen LogP contribution < -0.4 is 21.2 Å². The van der Waals surface area contributed by atoms with Gasteiger partial charge in [0, 0.05) is 29.2 Å². The molecule has 0 saturated heterocycles. The van der Waals surface area contributed by atoms with Crippen LogP contribution in [0.25, 0.3) is 22.2 Å². The van der Waals surface area contributed by atoms with Crippen molar-refractivity contribution in [1.29, 1.82) is 0 Å². The molecule has 32 heavy (non-hydrogen) atoms. The first-order chi connectivity index (χ1) is 15.4. The van der Waals surface area contributed by atoms with Gasteiger partial charge in [0.1, 0.15) is 17.1 Å². The second-order valence-electron chi connectivity index (χ2n) is 7.22. The van der Waals surface area contributed by atoms with Crippen LogP contribution in [0.5, 0.6) is 5.75 Å². The summed E-state index contributed by atoms with van der Waals surface area (Å²) in [6.45, 7) is 3.55. The Hall–Kier alpha value is -4.20. The van der Waals surface area contributed by atoms with E-state index in [2.05, 4.69) is 15.4 Å². The van der Waals surface area contributed by atoms with Gasteiger partial charge in [-0.15, -0.1) is 0 Å². The molecule has 0 fully saturated rings. The van der Waals surface area contributed by atoms with Gasteiger partial charge in [-0.25, -0.2) is 4.68 Å². The highest BCUT2D eigenvalue weighted by Gasteiger charge is 2.22. The summed E-state index contributed by atoms with van der Waals surface area (Å²) in [4.78, 5) is 40.4. The maximum Gasteiger partial charge on any atom is 0.291 e. The second-order valence-corrected chi connectivity index (χ2v) is 7.22. The summed E-state index contributed by atoms with van der Waals surface area (Å²) in [5.74, 6) is 0.379. The maximum absolute atomic E-state index is 13.2. The van der Waals surface area contributed by atoms with Crippen LogP contribution in [0.4, 0.5) is 11.4 Å². The summed E-state index contributed by atoms with van der Waals surface area (Å²) in [7, 11) is 1.57. The van der Waals surface area contributed by atoms with Crippen molar-refractivity contribution in [2.45, 2.75) is 20.4 Å². The number of hydrogen-bond donors (Lipinski definition) is 2. The van der Waals surface area contributed by atoms with Crippen molar-refractivity contribution in [3.05, 3.63) is 80.9 Å². The highest BCUT2D eigenvalue weighted by Crippen LogP contribution is 2.30. The van der Waals surface area contributed by atoms with Crippen LogP contribution in [0.15, 0.2) is 64.2 Å². The molecule has 0 bridgehead atoms. The van der Waals surface area contributed by atoms with E-state index in [1.54, 1.807) is 55.6 Å². The van der Waals surface area contributed by atoms with E-state index in [-0.39, 0.29) is 22.6 Å². The fourth-order valence-electron chi connectivity index (χ4n) is 3.63. The number of ketones is 1. The Bertz CT molecular complexity index is 1440. The SMILES string of the molecule is CCn1nc(-c2ccc(OC)cc2)c(C(C)=O)c(Nc2cccc3[nH]c(=O)ccc23)c1=O. The fraction of sp³-hybridized carbons (Fsp3) is 0.167. The number of nitrogens with one attached hydrogen (secondary N) is 2. The van der Waals surface area contributed by atoms with Crippen molar-refractivity contribution < 1.29 is 9.53 Å². The van der Waals surface area contributed by atoms with Crippen molar-refractivity contribution in [1.82, 2.24) is 14.8 Å². The molecule has 0 amide bonds. The molecule has 8 nitrogen and oxygen atoms in total. The first kappa shape index (κ1) is 21.0. The standard InChI is InChI=1S/C24H22N4O4/c1-4-28-24(31)23(26-19-7-5-6-18-17(19)12-13-20(30)25-18)21(14(2)29)22(27-28)15-8-10-16(32-3)11-9-15/h5-13,26H,4H2,1-3H3,(H,25,30). The molecule has 0 spiro atoms. The number of carbonyl (C=O) groups is 1. The predicted octanol–water partition coefficient (Wildman–Crippen LogP) is 3.73.